The average molecular weight is 486 g/mol. The standard InChI is InChI=1S/C20H21Cl2N3O5S/c1-3-29-11-7-10(21)15(22)14(16(11)26)17-23-18(27)13-9-5-6-25(20(28)30-4-2)8-12(9)31-19(13)24-17/h7,17,24,26H,3-6,8H2,1-2H3,(H,23,27)/t17-/m0/s1. The fourth-order valence-corrected chi connectivity index (χ4v) is 5.51. The number of phenols is 1. The van der Waals surface area contributed by atoms with Crippen molar-refractivity contribution in [1.82, 2.24) is 10.2 Å². The number of rotatable bonds is 4. The summed E-state index contributed by atoms with van der Waals surface area (Å²) in [5, 5.41) is 17.8. The van der Waals surface area contributed by atoms with Crippen LogP contribution in [0.5, 0.6) is 11.5 Å². The number of hydrogen-bond donors (Lipinski definition) is 3. The molecule has 0 radical (unpaired) electrons. The molecule has 1 atom stereocenters. The predicted molar refractivity (Wildman–Crippen MR) is 119 cm³/mol. The smallest absolute Gasteiger partial charge is 0.410 e. The lowest BCUT2D eigenvalue weighted by Crippen LogP contribution is -2.39. The molecule has 2 aliphatic heterocycles. The van der Waals surface area contributed by atoms with Gasteiger partial charge >= 0.3 is 6.09 Å². The lowest BCUT2D eigenvalue weighted by atomic mass is 10.00. The van der Waals surface area contributed by atoms with Gasteiger partial charge in [-0.2, -0.15) is 0 Å². The molecule has 166 valence electrons. The average Bonchev–Trinajstić information content (AvgIpc) is 3.10. The van der Waals surface area contributed by atoms with Gasteiger partial charge in [0.2, 0.25) is 0 Å². The minimum absolute atomic E-state index is 0.124. The molecule has 0 fully saturated rings. The zero-order valence-electron chi connectivity index (χ0n) is 16.9. The van der Waals surface area contributed by atoms with Crippen LogP contribution < -0.4 is 15.4 Å². The first kappa shape index (κ1) is 21.9. The van der Waals surface area contributed by atoms with E-state index in [0.717, 1.165) is 10.4 Å². The SMILES string of the molecule is CCOC(=O)N1CCc2c(sc3c2C(=O)N[C@H](c2c(O)c(OCC)cc(Cl)c2Cl)N3)C1. The van der Waals surface area contributed by atoms with Crippen molar-refractivity contribution < 1.29 is 24.2 Å². The van der Waals surface area contributed by atoms with Gasteiger partial charge in [0.15, 0.2) is 11.5 Å². The zero-order chi connectivity index (χ0) is 22.3. The molecule has 0 aliphatic carbocycles. The van der Waals surface area contributed by atoms with Gasteiger partial charge in [-0.3, -0.25) is 4.79 Å². The number of hydrogen-bond acceptors (Lipinski definition) is 7. The number of nitrogens with zero attached hydrogens (tertiary/aromatic N) is 1. The number of benzene rings is 1. The molecule has 31 heavy (non-hydrogen) atoms. The fraction of sp³-hybridized carbons (Fsp3) is 0.400. The first-order valence-electron chi connectivity index (χ1n) is 9.82. The molecule has 1 aromatic carbocycles. The Morgan fingerprint density at radius 3 is 2.81 bits per heavy atom. The number of aromatic hydroxyl groups is 1. The van der Waals surface area contributed by atoms with Crippen molar-refractivity contribution in [3.8, 4) is 11.5 Å². The van der Waals surface area contributed by atoms with E-state index in [9.17, 15) is 14.7 Å². The van der Waals surface area contributed by atoms with Gasteiger partial charge in [-0.05, 0) is 25.8 Å². The largest absolute Gasteiger partial charge is 0.504 e. The van der Waals surface area contributed by atoms with Gasteiger partial charge in [0, 0.05) is 17.5 Å². The maximum absolute atomic E-state index is 13.0. The summed E-state index contributed by atoms with van der Waals surface area (Å²) >= 11 is 14.0. The highest BCUT2D eigenvalue weighted by Gasteiger charge is 2.36. The molecule has 0 saturated carbocycles. The third-order valence-electron chi connectivity index (χ3n) is 5.14. The summed E-state index contributed by atoms with van der Waals surface area (Å²) in [5.74, 6) is -0.286. The van der Waals surface area contributed by atoms with Gasteiger partial charge < -0.3 is 30.1 Å². The molecular weight excluding hydrogens is 465 g/mol. The van der Waals surface area contributed by atoms with Crippen molar-refractivity contribution in [3.63, 3.8) is 0 Å². The Morgan fingerprint density at radius 2 is 2.10 bits per heavy atom. The maximum atomic E-state index is 13.0. The number of ether oxygens (including phenoxy) is 2. The summed E-state index contributed by atoms with van der Waals surface area (Å²) in [5.41, 5.74) is 1.71. The van der Waals surface area contributed by atoms with Crippen molar-refractivity contribution >= 4 is 51.5 Å². The van der Waals surface area contributed by atoms with Gasteiger partial charge in [0.1, 0.15) is 11.2 Å². The summed E-state index contributed by atoms with van der Waals surface area (Å²) in [4.78, 5) is 27.6. The molecule has 11 heteroatoms. The third-order valence-corrected chi connectivity index (χ3v) is 7.09. The molecule has 0 bridgehead atoms. The van der Waals surface area contributed by atoms with E-state index in [2.05, 4.69) is 10.6 Å². The Labute approximate surface area is 193 Å². The van der Waals surface area contributed by atoms with Crippen molar-refractivity contribution in [1.29, 1.82) is 0 Å². The molecule has 2 amide bonds. The molecule has 0 spiro atoms. The Bertz CT molecular complexity index is 1060. The second kappa shape index (κ2) is 8.64. The van der Waals surface area contributed by atoms with Crippen LogP contribution in [0.2, 0.25) is 10.0 Å². The molecule has 3 heterocycles. The van der Waals surface area contributed by atoms with E-state index in [4.69, 9.17) is 32.7 Å². The topological polar surface area (TPSA) is 100 Å². The Balaban J connectivity index is 1.67. The molecule has 4 rings (SSSR count). The monoisotopic (exact) mass is 485 g/mol. The van der Waals surface area contributed by atoms with Gasteiger partial charge in [0.25, 0.3) is 5.91 Å². The first-order valence-corrected chi connectivity index (χ1v) is 11.4. The van der Waals surface area contributed by atoms with E-state index in [1.807, 2.05) is 0 Å². The fourth-order valence-electron chi connectivity index (χ4n) is 3.77. The van der Waals surface area contributed by atoms with Crippen LogP contribution in [0.25, 0.3) is 0 Å². The van der Waals surface area contributed by atoms with Crippen molar-refractivity contribution in [2.24, 2.45) is 0 Å². The number of anilines is 1. The van der Waals surface area contributed by atoms with Crippen molar-refractivity contribution in [2.75, 3.05) is 25.1 Å². The second-order valence-electron chi connectivity index (χ2n) is 7.00. The summed E-state index contributed by atoms with van der Waals surface area (Å²) in [6.45, 7) is 5.03. The normalized spacial score (nSPS) is 17.4. The molecule has 3 N–H and O–H groups in total. The molecule has 1 aromatic heterocycles. The van der Waals surface area contributed by atoms with Crippen LogP contribution in [0.1, 0.15) is 46.4 Å². The minimum atomic E-state index is -0.799. The molecule has 2 aromatic rings. The van der Waals surface area contributed by atoms with Crippen LogP contribution in [0.15, 0.2) is 6.07 Å². The number of carbonyl (C=O) groups excluding carboxylic acids is 2. The number of halogens is 2. The number of fused-ring (bicyclic) bond motifs is 3. The number of thiophene rings is 1. The van der Waals surface area contributed by atoms with E-state index in [-0.39, 0.29) is 39.1 Å². The molecule has 0 saturated heterocycles. The van der Waals surface area contributed by atoms with E-state index in [1.165, 1.54) is 17.4 Å². The zero-order valence-corrected chi connectivity index (χ0v) is 19.2. The maximum Gasteiger partial charge on any atom is 0.410 e. The lowest BCUT2D eigenvalue weighted by molar-refractivity contribution is 0.0933. The van der Waals surface area contributed by atoms with Crippen LogP contribution in [-0.4, -0.2) is 41.8 Å². The summed E-state index contributed by atoms with van der Waals surface area (Å²) < 4.78 is 10.5. The predicted octanol–water partition coefficient (Wildman–Crippen LogP) is 4.53. The van der Waals surface area contributed by atoms with Gasteiger partial charge in [0.05, 0.1) is 40.9 Å². The van der Waals surface area contributed by atoms with Gasteiger partial charge in [-0.25, -0.2) is 4.79 Å². The first-order chi connectivity index (χ1) is 14.8. The number of carbonyl (C=O) groups is 2. The van der Waals surface area contributed by atoms with Crippen molar-refractivity contribution in [3.05, 3.63) is 37.7 Å². The highest BCUT2D eigenvalue weighted by molar-refractivity contribution is 7.16. The minimum Gasteiger partial charge on any atom is -0.504 e. The van der Waals surface area contributed by atoms with Crippen LogP contribution in [-0.2, 0) is 17.7 Å². The van der Waals surface area contributed by atoms with E-state index >= 15 is 0 Å². The summed E-state index contributed by atoms with van der Waals surface area (Å²) in [7, 11) is 0. The Hall–Kier alpha value is -2.36. The number of phenolic OH excluding ortho intramolecular Hbond substituents is 1. The van der Waals surface area contributed by atoms with Crippen LogP contribution in [0, 0.1) is 0 Å². The van der Waals surface area contributed by atoms with Crippen LogP contribution in [0.3, 0.4) is 0 Å². The number of amides is 2. The highest BCUT2D eigenvalue weighted by Crippen LogP contribution is 2.47. The highest BCUT2D eigenvalue weighted by atomic mass is 35.5. The van der Waals surface area contributed by atoms with Crippen LogP contribution in [0.4, 0.5) is 9.80 Å². The Morgan fingerprint density at radius 1 is 1.32 bits per heavy atom. The van der Waals surface area contributed by atoms with E-state index in [0.29, 0.717) is 43.3 Å². The van der Waals surface area contributed by atoms with E-state index < -0.39 is 6.17 Å². The third kappa shape index (κ3) is 3.86. The summed E-state index contributed by atoms with van der Waals surface area (Å²) in [6, 6.07) is 1.44. The lowest BCUT2D eigenvalue weighted by Gasteiger charge is -2.29. The second-order valence-corrected chi connectivity index (χ2v) is 8.89. The van der Waals surface area contributed by atoms with Gasteiger partial charge in [-0.1, -0.05) is 23.2 Å². The van der Waals surface area contributed by atoms with Crippen molar-refractivity contribution in [2.45, 2.75) is 33.0 Å². The molecule has 2 aliphatic rings. The molecule has 0 unspecified atom stereocenters. The Kier molecular flexibility index (Phi) is 6.09. The molecule has 8 nitrogen and oxygen atoms in total. The van der Waals surface area contributed by atoms with Gasteiger partial charge in [-0.15, -0.1) is 11.3 Å². The van der Waals surface area contributed by atoms with Crippen LogP contribution >= 0.6 is 34.5 Å². The molecular formula is C20H21Cl2N3O5S. The van der Waals surface area contributed by atoms with E-state index in [1.54, 1.807) is 18.7 Å². The quantitative estimate of drug-likeness (QED) is 0.588. The summed E-state index contributed by atoms with van der Waals surface area (Å²) in [6.07, 6.45) is -0.613. The number of nitrogens with one attached hydrogen (secondary N) is 2.